The van der Waals surface area contributed by atoms with E-state index in [1.54, 1.807) is 4.90 Å². The lowest BCUT2D eigenvalue weighted by molar-refractivity contribution is -0.145. The van der Waals surface area contributed by atoms with Gasteiger partial charge in [-0.15, -0.1) is 0 Å². The minimum atomic E-state index is -0.582. The molecule has 0 saturated carbocycles. The first kappa shape index (κ1) is 14.5. The minimum absolute atomic E-state index is 0.0541. The monoisotopic (exact) mass is 276 g/mol. The summed E-state index contributed by atoms with van der Waals surface area (Å²) in [6, 6.07) is 9.42. The molecule has 108 valence electrons. The molecule has 0 radical (unpaired) electrons. The number of rotatable bonds is 4. The number of benzene rings is 1. The molecule has 2 N–H and O–H groups in total. The van der Waals surface area contributed by atoms with Gasteiger partial charge >= 0.3 is 0 Å². The van der Waals surface area contributed by atoms with Gasteiger partial charge in [-0.3, -0.25) is 9.59 Å². The van der Waals surface area contributed by atoms with Crippen molar-refractivity contribution in [1.29, 1.82) is 0 Å². The summed E-state index contributed by atoms with van der Waals surface area (Å²) in [4.78, 5) is 25.4. The molecule has 1 aromatic rings. The fraction of sp³-hybridized carbons (Fsp3) is 0.467. The molecular weight excluding hydrogens is 256 g/mol. The number of nitrogens with two attached hydrogens (primary N) is 1. The molecule has 1 fully saturated rings. The van der Waals surface area contributed by atoms with Gasteiger partial charge in [0, 0.05) is 26.1 Å². The van der Waals surface area contributed by atoms with Crippen molar-refractivity contribution in [3.05, 3.63) is 35.9 Å². The molecule has 20 heavy (non-hydrogen) atoms. The topological polar surface area (TPSA) is 72.6 Å². The molecule has 2 rings (SSSR count). The van der Waals surface area contributed by atoms with Crippen molar-refractivity contribution in [3.8, 4) is 0 Å². The van der Waals surface area contributed by atoms with Crippen molar-refractivity contribution in [2.75, 3.05) is 20.2 Å². The number of carbonyl (C=O) groups is 2. The number of carbonyl (C=O) groups excluding carboxylic acids is 2. The van der Waals surface area contributed by atoms with Gasteiger partial charge < -0.3 is 15.4 Å². The predicted molar refractivity (Wildman–Crippen MR) is 74.7 cm³/mol. The smallest absolute Gasteiger partial charge is 0.256 e. The van der Waals surface area contributed by atoms with Crippen molar-refractivity contribution in [2.45, 2.75) is 18.9 Å². The van der Waals surface area contributed by atoms with Crippen LogP contribution in [0.1, 0.15) is 24.5 Å². The number of nitrogens with zero attached hydrogens (tertiary/aromatic N) is 1. The molecule has 0 aromatic heterocycles. The van der Waals surface area contributed by atoms with E-state index in [9.17, 15) is 9.59 Å². The van der Waals surface area contributed by atoms with Crippen LogP contribution in [0.4, 0.5) is 0 Å². The fourth-order valence-corrected chi connectivity index (χ4v) is 2.56. The lowest BCUT2D eigenvalue weighted by atomic mass is 9.95. The molecule has 0 aliphatic carbocycles. The maximum absolute atomic E-state index is 12.5. The second kappa shape index (κ2) is 6.52. The van der Waals surface area contributed by atoms with Crippen molar-refractivity contribution in [3.63, 3.8) is 0 Å². The first-order chi connectivity index (χ1) is 9.63. The van der Waals surface area contributed by atoms with Crippen LogP contribution in [0, 0.1) is 5.92 Å². The second-order valence-corrected chi connectivity index (χ2v) is 5.03. The maximum atomic E-state index is 12.5. The van der Waals surface area contributed by atoms with E-state index in [1.165, 1.54) is 7.11 Å². The van der Waals surface area contributed by atoms with Crippen LogP contribution in [0.3, 0.4) is 0 Å². The standard InChI is InChI=1S/C15H20N2O3/c1-20-13(11-5-3-2-4-6-11)15(19)17-9-7-12(8-10-17)14(16)18/h2-6,12-13H,7-10H2,1H3,(H2,16,18)/t13-/m0/s1. The Bertz CT molecular complexity index is 467. The summed E-state index contributed by atoms with van der Waals surface area (Å²) in [6.07, 6.45) is 0.680. The second-order valence-electron chi connectivity index (χ2n) is 5.03. The molecule has 1 atom stereocenters. The van der Waals surface area contributed by atoms with Crippen LogP contribution in [0.15, 0.2) is 30.3 Å². The van der Waals surface area contributed by atoms with Gasteiger partial charge in [-0.1, -0.05) is 30.3 Å². The van der Waals surface area contributed by atoms with E-state index in [-0.39, 0.29) is 17.7 Å². The summed E-state index contributed by atoms with van der Waals surface area (Å²) in [5.74, 6) is -0.443. The molecule has 0 spiro atoms. The van der Waals surface area contributed by atoms with E-state index in [1.807, 2.05) is 30.3 Å². The van der Waals surface area contributed by atoms with Gasteiger partial charge in [0.15, 0.2) is 6.10 Å². The highest BCUT2D eigenvalue weighted by Gasteiger charge is 2.30. The normalized spacial score (nSPS) is 17.8. The Morgan fingerprint density at radius 3 is 2.35 bits per heavy atom. The molecule has 5 heteroatoms. The van der Waals surface area contributed by atoms with E-state index >= 15 is 0 Å². The van der Waals surface area contributed by atoms with Crippen LogP contribution < -0.4 is 5.73 Å². The van der Waals surface area contributed by atoms with Crippen molar-refractivity contribution in [2.24, 2.45) is 11.7 Å². The lowest BCUT2D eigenvalue weighted by Gasteiger charge is -2.32. The van der Waals surface area contributed by atoms with Gasteiger partial charge in [0.1, 0.15) is 0 Å². The molecule has 1 heterocycles. The zero-order valence-corrected chi connectivity index (χ0v) is 11.6. The average Bonchev–Trinajstić information content (AvgIpc) is 2.49. The van der Waals surface area contributed by atoms with E-state index in [4.69, 9.17) is 10.5 Å². The Hall–Kier alpha value is -1.88. The van der Waals surface area contributed by atoms with Crippen LogP contribution in [0.5, 0.6) is 0 Å². The third-order valence-electron chi connectivity index (χ3n) is 3.77. The van der Waals surface area contributed by atoms with Crippen LogP contribution >= 0.6 is 0 Å². The van der Waals surface area contributed by atoms with E-state index in [2.05, 4.69) is 0 Å². The Balaban J connectivity index is 2.02. The molecule has 5 nitrogen and oxygen atoms in total. The number of ether oxygens (including phenoxy) is 1. The number of amides is 2. The summed E-state index contributed by atoms with van der Waals surface area (Å²) in [7, 11) is 1.53. The highest BCUT2D eigenvalue weighted by Crippen LogP contribution is 2.23. The van der Waals surface area contributed by atoms with Crippen molar-refractivity contribution in [1.82, 2.24) is 4.90 Å². The first-order valence-corrected chi connectivity index (χ1v) is 6.79. The van der Waals surface area contributed by atoms with Gasteiger partial charge in [-0.2, -0.15) is 0 Å². The molecule has 1 aliphatic rings. The largest absolute Gasteiger partial charge is 0.369 e. The number of likely N-dealkylation sites (tertiary alicyclic amines) is 1. The van der Waals surface area contributed by atoms with E-state index in [0.29, 0.717) is 25.9 Å². The zero-order chi connectivity index (χ0) is 14.5. The zero-order valence-electron chi connectivity index (χ0n) is 11.6. The summed E-state index contributed by atoms with van der Waals surface area (Å²) >= 11 is 0. The highest BCUT2D eigenvalue weighted by atomic mass is 16.5. The summed E-state index contributed by atoms with van der Waals surface area (Å²) in [6.45, 7) is 1.11. The minimum Gasteiger partial charge on any atom is -0.369 e. The number of primary amides is 1. The SMILES string of the molecule is CO[C@H](C(=O)N1CCC(C(N)=O)CC1)c1ccccc1. The van der Waals surface area contributed by atoms with Crippen LogP contribution in [-0.2, 0) is 14.3 Å². The Labute approximate surface area is 118 Å². The quantitative estimate of drug-likeness (QED) is 0.895. The van der Waals surface area contributed by atoms with Crippen molar-refractivity contribution < 1.29 is 14.3 Å². The lowest BCUT2D eigenvalue weighted by Crippen LogP contribution is -2.44. The molecule has 2 amide bonds. The van der Waals surface area contributed by atoms with Crippen molar-refractivity contribution >= 4 is 11.8 Å². The molecule has 0 unspecified atom stereocenters. The highest BCUT2D eigenvalue weighted by molar-refractivity contribution is 5.83. The summed E-state index contributed by atoms with van der Waals surface area (Å²) in [5, 5.41) is 0. The first-order valence-electron chi connectivity index (χ1n) is 6.79. The Kier molecular flexibility index (Phi) is 4.74. The van der Waals surface area contributed by atoms with Gasteiger partial charge in [-0.25, -0.2) is 0 Å². The van der Waals surface area contributed by atoms with Crippen LogP contribution in [0.25, 0.3) is 0 Å². The van der Waals surface area contributed by atoms with Gasteiger partial charge in [-0.05, 0) is 18.4 Å². The summed E-state index contributed by atoms with van der Waals surface area (Å²) in [5.41, 5.74) is 6.14. The molecule has 1 aromatic carbocycles. The fourth-order valence-electron chi connectivity index (χ4n) is 2.56. The molecule has 1 saturated heterocycles. The third-order valence-corrected chi connectivity index (χ3v) is 3.77. The predicted octanol–water partition coefficient (Wildman–Crippen LogP) is 1.10. The van der Waals surface area contributed by atoms with E-state index < -0.39 is 6.10 Å². The van der Waals surface area contributed by atoms with Gasteiger partial charge in [0.25, 0.3) is 5.91 Å². The average molecular weight is 276 g/mol. The molecule has 0 bridgehead atoms. The number of hydrogen-bond donors (Lipinski definition) is 1. The Morgan fingerprint density at radius 2 is 1.85 bits per heavy atom. The van der Waals surface area contributed by atoms with Crippen LogP contribution in [-0.4, -0.2) is 36.9 Å². The number of piperidine rings is 1. The van der Waals surface area contributed by atoms with Gasteiger partial charge in [0.2, 0.25) is 5.91 Å². The summed E-state index contributed by atoms with van der Waals surface area (Å²) < 4.78 is 5.34. The van der Waals surface area contributed by atoms with Gasteiger partial charge in [0.05, 0.1) is 0 Å². The number of hydrogen-bond acceptors (Lipinski definition) is 3. The number of methoxy groups -OCH3 is 1. The van der Waals surface area contributed by atoms with E-state index in [0.717, 1.165) is 5.56 Å². The molecular formula is C15H20N2O3. The molecule has 1 aliphatic heterocycles. The Morgan fingerprint density at radius 1 is 1.25 bits per heavy atom. The van der Waals surface area contributed by atoms with Crippen LogP contribution in [0.2, 0.25) is 0 Å². The third kappa shape index (κ3) is 3.17. The maximum Gasteiger partial charge on any atom is 0.256 e.